The van der Waals surface area contributed by atoms with Gasteiger partial charge in [0.15, 0.2) is 0 Å². The number of amides is 1. The molecule has 2 fully saturated rings. The Balaban J connectivity index is 1.97. The number of hydrogen-bond acceptors (Lipinski definition) is 3. The molecule has 0 radical (unpaired) electrons. The van der Waals surface area contributed by atoms with E-state index in [-0.39, 0.29) is 18.4 Å². The molecule has 0 aromatic rings. The molecule has 0 unspecified atom stereocenters. The fraction of sp³-hybridized carbons (Fsp3) is 0.833. The summed E-state index contributed by atoms with van der Waals surface area (Å²) < 4.78 is 4.90. The van der Waals surface area contributed by atoms with Gasteiger partial charge in [-0.2, -0.15) is 0 Å². The van der Waals surface area contributed by atoms with Crippen molar-refractivity contribution in [3.05, 3.63) is 0 Å². The lowest BCUT2D eigenvalue weighted by Gasteiger charge is -2.30. The Bertz CT molecular complexity index is 290. The highest BCUT2D eigenvalue weighted by atomic mass is 16.5. The molecule has 0 spiro atoms. The van der Waals surface area contributed by atoms with Crippen LogP contribution in [-0.4, -0.2) is 36.0 Å². The number of carbonyl (C=O) groups excluding carboxylic acids is 2. The molecule has 0 N–H and O–H groups in total. The highest BCUT2D eigenvalue weighted by molar-refractivity contribution is 5.84. The lowest BCUT2D eigenvalue weighted by Crippen LogP contribution is -2.40. The molecule has 16 heavy (non-hydrogen) atoms. The third-order valence-electron chi connectivity index (χ3n) is 3.63. The van der Waals surface area contributed by atoms with Gasteiger partial charge < -0.3 is 9.64 Å². The van der Waals surface area contributed by atoms with E-state index in [0.29, 0.717) is 25.0 Å². The van der Waals surface area contributed by atoms with E-state index in [4.69, 9.17) is 4.74 Å². The van der Waals surface area contributed by atoms with Crippen molar-refractivity contribution in [3.8, 4) is 0 Å². The largest absolute Gasteiger partial charge is 0.465 e. The van der Waals surface area contributed by atoms with Gasteiger partial charge in [-0.25, -0.2) is 0 Å². The molecule has 0 aromatic carbocycles. The summed E-state index contributed by atoms with van der Waals surface area (Å²) in [6, 6.07) is 0.297. The van der Waals surface area contributed by atoms with Crippen molar-refractivity contribution in [2.24, 2.45) is 5.92 Å². The first-order valence-electron chi connectivity index (χ1n) is 6.17. The summed E-state index contributed by atoms with van der Waals surface area (Å²) in [5, 5.41) is 0. The van der Waals surface area contributed by atoms with Gasteiger partial charge in [0.25, 0.3) is 0 Å². The lowest BCUT2D eigenvalue weighted by atomic mass is 9.85. The molecule has 1 saturated heterocycles. The predicted molar refractivity (Wildman–Crippen MR) is 58.7 cm³/mol. The highest BCUT2D eigenvalue weighted by Gasteiger charge is 2.41. The molecule has 2 rings (SSSR count). The first kappa shape index (κ1) is 11.4. The van der Waals surface area contributed by atoms with E-state index >= 15 is 0 Å². The average Bonchev–Trinajstić information content (AvgIpc) is 2.56. The number of nitrogens with zero attached hydrogens (tertiary/aromatic N) is 1. The Morgan fingerprint density at radius 2 is 2.19 bits per heavy atom. The molecule has 2 atom stereocenters. The SMILES string of the molecule is CCOC(=O)CN1C(=O)C[C@H]2CCCC[C@H]21. The third kappa shape index (κ3) is 2.20. The highest BCUT2D eigenvalue weighted by Crippen LogP contribution is 2.36. The quantitative estimate of drug-likeness (QED) is 0.681. The zero-order valence-corrected chi connectivity index (χ0v) is 9.78. The van der Waals surface area contributed by atoms with Gasteiger partial charge >= 0.3 is 5.97 Å². The van der Waals surface area contributed by atoms with Gasteiger partial charge in [-0.05, 0) is 25.7 Å². The van der Waals surface area contributed by atoms with E-state index in [1.807, 2.05) is 0 Å². The maximum atomic E-state index is 11.8. The molecule has 1 aliphatic heterocycles. The van der Waals surface area contributed by atoms with Crippen LogP contribution < -0.4 is 0 Å². The molecule has 4 nitrogen and oxygen atoms in total. The Hall–Kier alpha value is -1.06. The van der Waals surface area contributed by atoms with E-state index in [1.165, 1.54) is 12.8 Å². The van der Waals surface area contributed by atoms with Crippen molar-refractivity contribution >= 4 is 11.9 Å². The molecule has 1 heterocycles. The monoisotopic (exact) mass is 225 g/mol. The van der Waals surface area contributed by atoms with Crippen LogP contribution in [0.5, 0.6) is 0 Å². The molecule has 2 aliphatic rings. The van der Waals surface area contributed by atoms with Gasteiger partial charge in [0, 0.05) is 12.5 Å². The average molecular weight is 225 g/mol. The number of hydrogen-bond donors (Lipinski definition) is 0. The second-order valence-corrected chi connectivity index (χ2v) is 4.64. The van der Waals surface area contributed by atoms with Gasteiger partial charge in [0.2, 0.25) is 5.91 Å². The van der Waals surface area contributed by atoms with Gasteiger partial charge in [-0.15, -0.1) is 0 Å². The summed E-state index contributed by atoms with van der Waals surface area (Å²) in [5.41, 5.74) is 0. The van der Waals surface area contributed by atoms with Crippen LogP contribution in [0.25, 0.3) is 0 Å². The number of ether oxygens (including phenoxy) is 1. The fourth-order valence-electron chi connectivity index (χ4n) is 2.91. The molecular formula is C12H19NO3. The summed E-state index contributed by atoms with van der Waals surface area (Å²) in [4.78, 5) is 24.9. The van der Waals surface area contributed by atoms with Crippen molar-refractivity contribution in [3.63, 3.8) is 0 Å². The molecule has 1 saturated carbocycles. The second kappa shape index (κ2) is 4.85. The van der Waals surface area contributed by atoms with Crippen LogP contribution in [0.3, 0.4) is 0 Å². The molecule has 90 valence electrons. The first-order valence-corrected chi connectivity index (χ1v) is 6.17. The van der Waals surface area contributed by atoms with Crippen molar-refractivity contribution in [2.75, 3.05) is 13.2 Å². The molecule has 0 bridgehead atoms. The van der Waals surface area contributed by atoms with Crippen LogP contribution in [0.2, 0.25) is 0 Å². The molecule has 1 amide bonds. The van der Waals surface area contributed by atoms with Gasteiger partial charge in [0.05, 0.1) is 6.61 Å². The van der Waals surface area contributed by atoms with Crippen LogP contribution in [0.1, 0.15) is 39.0 Å². The number of likely N-dealkylation sites (tertiary alicyclic amines) is 1. The fourth-order valence-corrected chi connectivity index (χ4v) is 2.91. The molecule has 1 aliphatic carbocycles. The van der Waals surface area contributed by atoms with E-state index in [2.05, 4.69) is 0 Å². The van der Waals surface area contributed by atoms with Crippen LogP contribution in [-0.2, 0) is 14.3 Å². The summed E-state index contributed by atoms with van der Waals surface area (Å²) in [7, 11) is 0. The number of carbonyl (C=O) groups is 2. The maximum absolute atomic E-state index is 11.8. The lowest BCUT2D eigenvalue weighted by molar-refractivity contribution is -0.148. The third-order valence-corrected chi connectivity index (χ3v) is 3.63. The van der Waals surface area contributed by atoms with Crippen LogP contribution in [0.15, 0.2) is 0 Å². The smallest absolute Gasteiger partial charge is 0.325 e. The van der Waals surface area contributed by atoms with Crippen LogP contribution in [0, 0.1) is 5.92 Å². The second-order valence-electron chi connectivity index (χ2n) is 4.64. The van der Waals surface area contributed by atoms with E-state index in [0.717, 1.165) is 12.8 Å². The van der Waals surface area contributed by atoms with E-state index in [9.17, 15) is 9.59 Å². The van der Waals surface area contributed by atoms with E-state index in [1.54, 1.807) is 11.8 Å². The minimum Gasteiger partial charge on any atom is -0.465 e. The Morgan fingerprint density at radius 3 is 2.94 bits per heavy atom. The van der Waals surface area contributed by atoms with Gasteiger partial charge in [-0.3, -0.25) is 9.59 Å². The minimum atomic E-state index is -0.276. The first-order chi connectivity index (χ1) is 7.72. The molecule has 0 aromatic heterocycles. The topological polar surface area (TPSA) is 46.6 Å². The van der Waals surface area contributed by atoms with Crippen molar-refractivity contribution in [2.45, 2.75) is 45.1 Å². The Morgan fingerprint density at radius 1 is 1.44 bits per heavy atom. The normalized spacial score (nSPS) is 29.1. The maximum Gasteiger partial charge on any atom is 0.325 e. The van der Waals surface area contributed by atoms with Crippen molar-refractivity contribution in [1.29, 1.82) is 0 Å². The number of fused-ring (bicyclic) bond motifs is 1. The van der Waals surface area contributed by atoms with Gasteiger partial charge in [-0.1, -0.05) is 12.8 Å². The predicted octanol–water partition coefficient (Wildman–Crippen LogP) is 1.34. The summed E-state index contributed by atoms with van der Waals surface area (Å²) in [6.07, 6.45) is 5.21. The Labute approximate surface area is 95.9 Å². The molecular weight excluding hydrogens is 206 g/mol. The Kier molecular flexibility index (Phi) is 3.46. The minimum absolute atomic E-state index is 0.130. The van der Waals surface area contributed by atoms with E-state index < -0.39 is 0 Å². The summed E-state index contributed by atoms with van der Waals surface area (Å²) in [6.45, 7) is 2.32. The zero-order valence-electron chi connectivity index (χ0n) is 9.78. The molecule has 4 heteroatoms. The zero-order chi connectivity index (χ0) is 11.5. The van der Waals surface area contributed by atoms with Crippen LogP contribution >= 0.6 is 0 Å². The van der Waals surface area contributed by atoms with Gasteiger partial charge in [0.1, 0.15) is 6.54 Å². The summed E-state index contributed by atoms with van der Waals surface area (Å²) >= 11 is 0. The number of esters is 1. The number of rotatable bonds is 3. The van der Waals surface area contributed by atoms with Crippen LogP contribution in [0.4, 0.5) is 0 Å². The standard InChI is InChI=1S/C12H19NO3/c1-2-16-12(15)8-13-10-6-4-3-5-9(10)7-11(13)14/h9-10H,2-8H2,1H3/t9-,10-/m1/s1. The summed E-state index contributed by atoms with van der Waals surface area (Å²) in [5.74, 6) is 0.336. The van der Waals surface area contributed by atoms with Crippen molar-refractivity contribution in [1.82, 2.24) is 4.90 Å². The van der Waals surface area contributed by atoms with Crippen molar-refractivity contribution < 1.29 is 14.3 Å².